The van der Waals surface area contributed by atoms with Gasteiger partial charge in [-0.2, -0.15) is 0 Å². The predicted molar refractivity (Wildman–Crippen MR) is 50.6 cm³/mol. The molecule has 0 bridgehead atoms. The minimum Gasteiger partial charge on any atom is -0.548 e. The predicted octanol–water partition coefficient (Wildman–Crippen LogP) is -6.66. The summed E-state index contributed by atoms with van der Waals surface area (Å²) in [4.78, 5) is 34.2. The third-order valence-electron chi connectivity index (χ3n) is 3.41. The Morgan fingerprint density at radius 1 is 1.50 bits per heavy atom. The number of β-lactam (4-membered cyclic amide) rings is 1. The number of nitrogens with two attached hydrogens (primary N) is 1. The molecule has 0 unspecified atom stereocenters. The number of primary amides is 1. The van der Waals surface area contributed by atoms with E-state index in [4.69, 9.17) is 5.73 Å². The third kappa shape index (κ3) is 1.47. The van der Waals surface area contributed by atoms with Crippen molar-refractivity contribution in [3.05, 3.63) is 0 Å². The van der Waals surface area contributed by atoms with Gasteiger partial charge in [-0.3, -0.25) is 9.59 Å². The number of carboxylic acid groups (broad SMARTS) is 1. The first kappa shape index (κ1) is 15.4. The number of amides is 2. The average Bonchev–Trinajstić information content (AvgIpc) is 2.33. The summed E-state index contributed by atoms with van der Waals surface area (Å²) in [5.74, 6) is -3.74. The number of fused-ring (bicyclic) bond motifs is 1. The second-order valence-electron chi connectivity index (χ2n) is 4.20. The zero-order valence-electron chi connectivity index (χ0n) is 9.74. The second kappa shape index (κ2) is 4.19. The van der Waals surface area contributed by atoms with Gasteiger partial charge >= 0.3 is 29.6 Å². The van der Waals surface area contributed by atoms with Crippen molar-refractivity contribution < 1.29 is 57.5 Å². The summed E-state index contributed by atoms with van der Waals surface area (Å²) >= 11 is 0. The molecule has 2 aliphatic heterocycles. The smallest absolute Gasteiger partial charge is 0.548 e. The molecular formula is C8H9N2NaO6S. The van der Waals surface area contributed by atoms with Crippen molar-refractivity contribution in [1.29, 1.82) is 0 Å². The molecule has 8 nitrogen and oxygen atoms in total. The zero-order valence-corrected chi connectivity index (χ0v) is 12.6. The summed E-state index contributed by atoms with van der Waals surface area (Å²) in [5.41, 5.74) is 4.99. The Balaban J connectivity index is 0.00000162. The van der Waals surface area contributed by atoms with Crippen LogP contribution in [0.25, 0.3) is 0 Å². The van der Waals surface area contributed by atoms with E-state index < -0.39 is 43.8 Å². The van der Waals surface area contributed by atoms with Crippen LogP contribution in [0.4, 0.5) is 0 Å². The van der Waals surface area contributed by atoms with Gasteiger partial charge in [-0.15, -0.1) is 0 Å². The molecule has 0 saturated carbocycles. The fourth-order valence-electron chi connectivity index (χ4n) is 2.29. The molecule has 94 valence electrons. The second-order valence-corrected chi connectivity index (χ2v) is 6.68. The van der Waals surface area contributed by atoms with Crippen molar-refractivity contribution in [2.75, 3.05) is 0 Å². The maximum absolute atomic E-state index is 12.0. The van der Waals surface area contributed by atoms with Gasteiger partial charge in [0.1, 0.15) is 11.4 Å². The number of carboxylic acids is 1. The number of hydrogen-bond acceptors (Lipinski definition) is 6. The Morgan fingerprint density at radius 2 is 2.00 bits per heavy atom. The van der Waals surface area contributed by atoms with Crippen molar-refractivity contribution in [2.45, 2.75) is 29.5 Å². The fourth-order valence-corrected chi connectivity index (χ4v) is 4.55. The molecule has 2 heterocycles. The molecule has 0 aromatic carbocycles. The van der Waals surface area contributed by atoms with E-state index in [0.717, 1.165) is 6.92 Å². The molecule has 18 heavy (non-hydrogen) atoms. The molecule has 3 atom stereocenters. The molecule has 2 amide bonds. The minimum atomic E-state index is -4.14. The SMILES string of the molecule is C[C@]1(C(N)=O)[C@H](C(=O)[O-])N2C(=O)C[C@H]2S1(=O)=O.[Na+]. The molecule has 2 N–H and O–H groups in total. The molecule has 2 rings (SSSR count). The quantitative estimate of drug-likeness (QED) is 0.395. The molecule has 2 aliphatic rings. The number of rotatable bonds is 2. The average molecular weight is 284 g/mol. The van der Waals surface area contributed by atoms with Gasteiger partial charge in [-0.05, 0) is 6.92 Å². The van der Waals surface area contributed by atoms with Gasteiger partial charge in [0.15, 0.2) is 14.6 Å². The number of carbonyl (C=O) groups is 3. The molecular weight excluding hydrogens is 275 g/mol. The Morgan fingerprint density at radius 3 is 2.33 bits per heavy atom. The van der Waals surface area contributed by atoms with Gasteiger partial charge in [-0.25, -0.2) is 8.42 Å². The molecule has 10 heteroatoms. The van der Waals surface area contributed by atoms with Crippen LogP contribution in [0.3, 0.4) is 0 Å². The van der Waals surface area contributed by atoms with Gasteiger partial charge in [-0.1, -0.05) is 0 Å². The fraction of sp³-hybridized carbons (Fsp3) is 0.625. The minimum absolute atomic E-state index is 0. The van der Waals surface area contributed by atoms with Gasteiger partial charge in [0.2, 0.25) is 11.8 Å². The van der Waals surface area contributed by atoms with E-state index in [1.807, 2.05) is 0 Å². The first-order valence-electron chi connectivity index (χ1n) is 4.71. The van der Waals surface area contributed by atoms with E-state index >= 15 is 0 Å². The van der Waals surface area contributed by atoms with E-state index in [2.05, 4.69) is 0 Å². The Hall–Kier alpha value is -0.640. The van der Waals surface area contributed by atoms with Crippen LogP contribution < -0.4 is 40.4 Å². The van der Waals surface area contributed by atoms with Crippen LogP contribution in [-0.4, -0.2) is 47.3 Å². The van der Waals surface area contributed by atoms with E-state index in [-0.39, 0.29) is 36.0 Å². The van der Waals surface area contributed by atoms with E-state index in [0.29, 0.717) is 4.90 Å². The van der Waals surface area contributed by atoms with Crippen molar-refractivity contribution in [3.8, 4) is 0 Å². The first-order valence-corrected chi connectivity index (χ1v) is 6.25. The standard InChI is InChI=1S/C8H10N2O6S.Na/c1-8(7(9)14)5(6(12)13)10-3(11)2-4(10)17(8,15)16;/h4-5H,2H2,1H3,(H2,9,14)(H,12,13);/q;+1/p-1/t4-,5+,8-;/m1./s1. The number of nitrogens with zero attached hydrogens (tertiary/aromatic N) is 1. The van der Waals surface area contributed by atoms with Gasteiger partial charge in [0, 0.05) is 0 Å². The number of sulfone groups is 1. The summed E-state index contributed by atoms with van der Waals surface area (Å²) in [6.45, 7) is 0.913. The maximum Gasteiger partial charge on any atom is 1.00 e. The van der Waals surface area contributed by atoms with E-state index in [1.165, 1.54) is 0 Å². The Bertz CT molecular complexity index is 546. The summed E-state index contributed by atoms with van der Waals surface area (Å²) < 4.78 is 21.7. The van der Waals surface area contributed by atoms with Crippen molar-refractivity contribution in [1.82, 2.24) is 4.90 Å². The topological polar surface area (TPSA) is 138 Å². The molecule has 0 aromatic rings. The largest absolute Gasteiger partial charge is 1.00 e. The van der Waals surface area contributed by atoms with Crippen LogP contribution in [0.5, 0.6) is 0 Å². The monoisotopic (exact) mass is 284 g/mol. The number of aliphatic carboxylic acids is 1. The molecule has 0 aliphatic carbocycles. The summed E-state index contributed by atoms with van der Waals surface area (Å²) in [6.07, 6.45) is -0.324. The van der Waals surface area contributed by atoms with E-state index in [9.17, 15) is 27.9 Å². The van der Waals surface area contributed by atoms with Crippen LogP contribution >= 0.6 is 0 Å². The third-order valence-corrected chi connectivity index (χ3v) is 6.13. The van der Waals surface area contributed by atoms with Crippen LogP contribution in [0, 0.1) is 0 Å². The van der Waals surface area contributed by atoms with E-state index in [1.54, 1.807) is 0 Å². The number of carbonyl (C=O) groups excluding carboxylic acids is 3. The van der Waals surface area contributed by atoms with Crippen LogP contribution in [0.15, 0.2) is 0 Å². The van der Waals surface area contributed by atoms with Gasteiger partial charge in [0.25, 0.3) is 0 Å². The van der Waals surface area contributed by atoms with Crippen molar-refractivity contribution in [2.24, 2.45) is 5.73 Å². The van der Waals surface area contributed by atoms with Crippen LogP contribution in [0.1, 0.15) is 13.3 Å². The van der Waals surface area contributed by atoms with Crippen LogP contribution in [-0.2, 0) is 24.2 Å². The maximum atomic E-state index is 12.0. The molecule has 2 saturated heterocycles. The summed E-state index contributed by atoms with van der Waals surface area (Å²) in [5, 5.41) is 9.69. The Kier molecular flexibility index (Phi) is 3.59. The first-order chi connectivity index (χ1) is 7.65. The molecule has 0 aromatic heterocycles. The molecule has 0 spiro atoms. The van der Waals surface area contributed by atoms with Crippen LogP contribution in [0.2, 0.25) is 0 Å². The van der Waals surface area contributed by atoms with Crippen molar-refractivity contribution in [3.63, 3.8) is 0 Å². The summed E-state index contributed by atoms with van der Waals surface area (Å²) in [7, 11) is -4.14. The van der Waals surface area contributed by atoms with Gasteiger partial charge < -0.3 is 20.5 Å². The molecule has 0 radical (unpaired) electrons. The zero-order chi connectivity index (χ0) is 13.2. The summed E-state index contributed by atoms with van der Waals surface area (Å²) in [6, 6.07) is -1.85. The Labute approximate surface area is 125 Å². The normalized spacial score (nSPS) is 36.3. The van der Waals surface area contributed by atoms with Gasteiger partial charge in [0.05, 0.1) is 12.4 Å². The molecule has 2 fully saturated rings. The van der Waals surface area contributed by atoms with Crippen molar-refractivity contribution >= 4 is 27.6 Å². The number of hydrogen-bond donors (Lipinski definition) is 1.